The summed E-state index contributed by atoms with van der Waals surface area (Å²) in [6, 6.07) is 1.86. The van der Waals surface area contributed by atoms with E-state index in [4.69, 9.17) is 0 Å². The molecule has 2 nitrogen and oxygen atoms in total. The van der Waals surface area contributed by atoms with Crippen molar-refractivity contribution in [3.05, 3.63) is 0 Å². The second-order valence-corrected chi connectivity index (χ2v) is 5.27. The molecule has 0 aliphatic carbocycles. The van der Waals surface area contributed by atoms with Crippen molar-refractivity contribution in [3.8, 4) is 0 Å². The maximum Gasteiger partial charge on any atom is 0.136 e. The monoisotopic (exact) mass is 209 g/mol. The summed E-state index contributed by atoms with van der Waals surface area (Å²) >= 11 is 0. The fourth-order valence-electron chi connectivity index (χ4n) is 3.37. The average molecular weight is 209 g/mol. The van der Waals surface area contributed by atoms with Gasteiger partial charge in [0.05, 0.1) is 0 Å². The molecule has 86 valence electrons. The van der Waals surface area contributed by atoms with E-state index in [0.29, 0.717) is 23.9 Å². The number of piperidine rings is 1. The van der Waals surface area contributed by atoms with Crippen LogP contribution in [0.15, 0.2) is 0 Å². The van der Waals surface area contributed by atoms with E-state index in [2.05, 4.69) is 18.7 Å². The Labute approximate surface area is 93.0 Å². The molecular formula is C13H23NO. The highest BCUT2D eigenvalue weighted by atomic mass is 16.1. The first-order valence-corrected chi connectivity index (χ1v) is 6.51. The van der Waals surface area contributed by atoms with Gasteiger partial charge in [-0.25, -0.2) is 0 Å². The Morgan fingerprint density at radius 2 is 1.93 bits per heavy atom. The highest BCUT2D eigenvalue weighted by Crippen LogP contribution is 2.36. The lowest BCUT2D eigenvalue weighted by atomic mass is 9.97. The molecule has 3 unspecified atom stereocenters. The third-order valence-corrected chi connectivity index (χ3v) is 4.09. The second-order valence-electron chi connectivity index (χ2n) is 5.27. The Morgan fingerprint density at radius 3 is 2.47 bits per heavy atom. The van der Waals surface area contributed by atoms with Crippen LogP contribution in [0.3, 0.4) is 0 Å². The zero-order chi connectivity index (χ0) is 10.8. The van der Waals surface area contributed by atoms with E-state index < -0.39 is 0 Å². The first-order valence-electron chi connectivity index (χ1n) is 6.51. The maximum absolute atomic E-state index is 11.5. The van der Waals surface area contributed by atoms with E-state index in [1.807, 2.05) is 0 Å². The van der Waals surface area contributed by atoms with Crippen LogP contribution in [0.4, 0.5) is 0 Å². The summed E-state index contributed by atoms with van der Waals surface area (Å²) in [7, 11) is 0. The number of rotatable bonds is 4. The molecule has 0 radical (unpaired) electrons. The summed E-state index contributed by atoms with van der Waals surface area (Å²) < 4.78 is 0. The van der Waals surface area contributed by atoms with Gasteiger partial charge in [-0.1, -0.05) is 19.8 Å². The molecule has 0 saturated carbocycles. The number of carbonyl (C=O) groups excluding carboxylic acids is 1. The fourth-order valence-corrected chi connectivity index (χ4v) is 3.37. The van der Waals surface area contributed by atoms with Crippen LogP contribution in [0.5, 0.6) is 0 Å². The molecule has 2 fully saturated rings. The van der Waals surface area contributed by atoms with Gasteiger partial charge in [-0.05, 0) is 26.2 Å². The molecule has 0 N–H and O–H groups in total. The average Bonchev–Trinajstić information content (AvgIpc) is 2.48. The minimum absolute atomic E-state index is 0.501. The van der Waals surface area contributed by atoms with Crippen molar-refractivity contribution in [1.82, 2.24) is 4.90 Å². The van der Waals surface area contributed by atoms with Crippen LogP contribution in [0.1, 0.15) is 58.8 Å². The second kappa shape index (κ2) is 4.65. The van der Waals surface area contributed by atoms with Gasteiger partial charge in [-0.2, -0.15) is 0 Å². The van der Waals surface area contributed by atoms with E-state index in [1.165, 1.54) is 32.1 Å². The molecule has 2 aliphatic heterocycles. The van der Waals surface area contributed by atoms with Crippen LogP contribution in [-0.4, -0.2) is 28.8 Å². The molecule has 0 aromatic rings. The Morgan fingerprint density at radius 1 is 1.33 bits per heavy atom. The predicted molar refractivity (Wildman–Crippen MR) is 61.9 cm³/mol. The molecule has 0 aromatic carbocycles. The van der Waals surface area contributed by atoms with Gasteiger partial charge in [0.1, 0.15) is 5.78 Å². The molecule has 15 heavy (non-hydrogen) atoms. The first kappa shape index (κ1) is 11.1. The Hall–Kier alpha value is -0.370. The van der Waals surface area contributed by atoms with Gasteiger partial charge in [-0.3, -0.25) is 9.69 Å². The SMILES string of the molecule is CCCCC(C)N1C2CCC1CC(=O)C2. The lowest BCUT2D eigenvalue weighted by molar-refractivity contribution is -0.124. The van der Waals surface area contributed by atoms with E-state index in [-0.39, 0.29) is 0 Å². The summed E-state index contributed by atoms with van der Waals surface area (Å²) in [5.41, 5.74) is 0. The van der Waals surface area contributed by atoms with Gasteiger partial charge >= 0.3 is 0 Å². The molecule has 0 aromatic heterocycles. The zero-order valence-corrected chi connectivity index (χ0v) is 10.0. The first-order chi connectivity index (χ1) is 7.22. The summed E-state index contributed by atoms with van der Waals surface area (Å²) in [6.07, 6.45) is 8.08. The third-order valence-electron chi connectivity index (χ3n) is 4.09. The van der Waals surface area contributed by atoms with Gasteiger partial charge in [0.15, 0.2) is 0 Å². The minimum atomic E-state index is 0.501. The molecule has 2 bridgehead atoms. The lowest BCUT2D eigenvalue weighted by Crippen LogP contribution is -2.47. The van der Waals surface area contributed by atoms with Crippen molar-refractivity contribution < 1.29 is 4.79 Å². The number of ketones is 1. The lowest BCUT2D eigenvalue weighted by Gasteiger charge is -2.38. The van der Waals surface area contributed by atoms with Crippen LogP contribution in [0, 0.1) is 0 Å². The van der Waals surface area contributed by atoms with Crippen molar-refractivity contribution in [1.29, 1.82) is 0 Å². The van der Waals surface area contributed by atoms with Gasteiger partial charge in [0, 0.05) is 31.0 Å². The highest BCUT2D eigenvalue weighted by molar-refractivity contribution is 5.81. The molecule has 3 atom stereocenters. The van der Waals surface area contributed by atoms with E-state index in [0.717, 1.165) is 12.8 Å². The number of hydrogen-bond donors (Lipinski definition) is 0. The summed E-state index contributed by atoms with van der Waals surface area (Å²) in [5.74, 6) is 0.501. The number of fused-ring (bicyclic) bond motifs is 2. The number of Topliss-reactive ketones (excluding diaryl/α,β-unsaturated/α-hetero) is 1. The zero-order valence-electron chi connectivity index (χ0n) is 10.0. The van der Waals surface area contributed by atoms with Crippen LogP contribution >= 0.6 is 0 Å². The predicted octanol–water partition coefficient (Wildman–Crippen LogP) is 2.76. The molecule has 2 aliphatic rings. The standard InChI is InChI=1S/C13H23NO/c1-3-4-5-10(2)14-11-6-7-12(14)9-13(15)8-11/h10-12H,3-9H2,1-2H3. The number of unbranched alkanes of at least 4 members (excludes halogenated alkanes) is 1. The molecule has 2 heteroatoms. The largest absolute Gasteiger partial charge is 0.300 e. The Balaban J connectivity index is 1.95. The number of carbonyl (C=O) groups is 1. The van der Waals surface area contributed by atoms with Crippen molar-refractivity contribution in [2.75, 3.05) is 0 Å². The van der Waals surface area contributed by atoms with Gasteiger partial charge in [0.2, 0.25) is 0 Å². The summed E-state index contributed by atoms with van der Waals surface area (Å²) in [6.45, 7) is 4.60. The van der Waals surface area contributed by atoms with Gasteiger partial charge in [0.25, 0.3) is 0 Å². The van der Waals surface area contributed by atoms with E-state index in [9.17, 15) is 4.79 Å². The normalized spacial score (nSPS) is 33.3. The minimum Gasteiger partial charge on any atom is -0.300 e. The van der Waals surface area contributed by atoms with E-state index in [1.54, 1.807) is 0 Å². The number of hydrogen-bond acceptors (Lipinski definition) is 2. The topological polar surface area (TPSA) is 20.3 Å². The van der Waals surface area contributed by atoms with Crippen molar-refractivity contribution in [2.24, 2.45) is 0 Å². The van der Waals surface area contributed by atoms with Crippen LogP contribution in [0.2, 0.25) is 0 Å². The molecule has 2 heterocycles. The third kappa shape index (κ3) is 2.25. The fraction of sp³-hybridized carbons (Fsp3) is 0.923. The molecule has 0 amide bonds. The Bertz CT molecular complexity index is 223. The van der Waals surface area contributed by atoms with Gasteiger partial charge < -0.3 is 0 Å². The smallest absolute Gasteiger partial charge is 0.136 e. The summed E-state index contributed by atoms with van der Waals surface area (Å²) in [5, 5.41) is 0. The maximum atomic E-state index is 11.5. The van der Waals surface area contributed by atoms with Crippen molar-refractivity contribution in [3.63, 3.8) is 0 Å². The van der Waals surface area contributed by atoms with Gasteiger partial charge in [-0.15, -0.1) is 0 Å². The number of nitrogens with zero attached hydrogens (tertiary/aromatic N) is 1. The molecular weight excluding hydrogens is 186 g/mol. The van der Waals surface area contributed by atoms with E-state index >= 15 is 0 Å². The van der Waals surface area contributed by atoms with Crippen LogP contribution < -0.4 is 0 Å². The highest BCUT2D eigenvalue weighted by Gasteiger charge is 2.41. The quantitative estimate of drug-likeness (QED) is 0.709. The molecule has 2 saturated heterocycles. The molecule has 0 spiro atoms. The van der Waals surface area contributed by atoms with Crippen molar-refractivity contribution >= 4 is 5.78 Å². The van der Waals surface area contributed by atoms with Crippen LogP contribution in [-0.2, 0) is 4.79 Å². The Kier molecular flexibility index (Phi) is 3.45. The molecule has 2 rings (SSSR count). The summed E-state index contributed by atoms with van der Waals surface area (Å²) in [4.78, 5) is 14.1. The van der Waals surface area contributed by atoms with Crippen LogP contribution in [0.25, 0.3) is 0 Å². The van der Waals surface area contributed by atoms with Crippen molar-refractivity contribution in [2.45, 2.75) is 76.9 Å².